The third-order valence-electron chi connectivity index (χ3n) is 2.35. The maximum Gasteiger partial charge on any atom is 3.00 e. The topological polar surface area (TPSA) is 124 Å². The van der Waals surface area contributed by atoms with E-state index in [1.54, 1.807) is 51.3 Å². The van der Waals surface area contributed by atoms with Gasteiger partial charge in [0, 0.05) is 38.9 Å². The van der Waals surface area contributed by atoms with Crippen molar-refractivity contribution in [2.24, 2.45) is 10.2 Å². The van der Waals surface area contributed by atoms with Crippen molar-refractivity contribution in [3.05, 3.63) is 48.6 Å². The molecule has 2 aromatic heterocycles. The molecule has 10 nitrogen and oxygen atoms in total. The largest absolute Gasteiger partial charge is 3.00 e. The Bertz CT molecular complexity index is 664. The van der Waals surface area contributed by atoms with Crippen LogP contribution in [0.25, 0.3) is 0 Å². The van der Waals surface area contributed by atoms with Crippen LogP contribution in [0.15, 0.2) is 47.4 Å². The second-order valence-corrected chi connectivity index (χ2v) is 4.98. The van der Waals surface area contributed by atoms with Crippen LogP contribution in [0.4, 0.5) is 0 Å². The van der Waals surface area contributed by atoms with Gasteiger partial charge in [0.25, 0.3) is 0 Å². The van der Waals surface area contributed by atoms with Gasteiger partial charge in [-0.3, -0.25) is 30.8 Å². The number of hydrazone groups is 2. The van der Waals surface area contributed by atoms with Crippen molar-refractivity contribution in [2.45, 2.75) is 0 Å². The quantitative estimate of drug-likeness (QED) is 0.284. The molecular formula is C14H18CoN10S2+3. The molecule has 2 heterocycles. The molecule has 0 aliphatic carbocycles. The standard InChI is InChI=1S/2C7H9N5S.Co/c2*1-8-7(13)12-11-5-6-4-9-2-3-10-6;/h2*2-5H,1H3,(H2,8,12,13);/q;;+3. The van der Waals surface area contributed by atoms with Crippen LogP contribution in [0.5, 0.6) is 0 Å². The van der Waals surface area contributed by atoms with Gasteiger partial charge < -0.3 is 10.6 Å². The summed E-state index contributed by atoms with van der Waals surface area (Å²) in [5.74, 6) is 0. The Hall–Kier alpha value is -2.61. The Morgan fingerprint density at radius 2 is 1.22 bits per heavy atom. The summed E-state index contributed by atoms with van der Waals surface area (Å²) in [5.41, 5.74) is 6.56. The fourth-order valence-electron chi connectivity index (χ4n) is 1.18. The minimum atomic E-state index is 0. The van der Waals surface area contributed by atoms with E-state index in [1.165, 1.54) is 12.4 Å². The Balaban J connectivity index is 0.000000483. The van der Waals surface area contributed by atoms with Gasteiger partial charge in [0.15, 0.2) is 10.2 Å². The van der Waals surface area contributed by atoms with Crippen molar-refractivity contribution in [3.8, 4) is 0 Å². The summed E-state index contributed by atoms with van der Waals surface area (Å²) in [6, 6.07) is 0. The van der Waals surface area contributed by atoms with Crippen LogP contribution in [0.1, 0.15) is 11.4 Å². The molecule has 2 rings (SSSR count). The van der Waals surface area contributed by atoms with Crippen molar-refractivity contribution in [3.63, 3.8) is 0 Å². The third-order valence-corrected chi connectivity index (χ3v) is 2.94. The third kappa shape index (κ3) is 12.4. The number of aromatic nitrogens is 4. The van der Waals surface area contributed by atoms with Gasteiger partial charge in [0.2, 0.25) is 0 Å². The second-order valence-electron chi connectivity index (χ2n) is 4.16. The molecule has 0 spiro atoms. The molecule has 2 aromatic rings. The van der Waals surface area contributed by atoms with E-state index in [0.717, 1.165) is 0 Å². The summed E-state index contributed by atoms with van der Waals surface area (Å²) in [4.78, 5) is 15.7. The molecular weight excluding hydrogens is 431 g/mol. The number of nitrogens with zero attached hydrogens (tertiary/aromatic N) is 6. The fourth-order valence-corrected chi connectivity index (χ4v) is 1.29. The Morgan fingerprint density at radius 3 is 1.52 bits per heavy atom. The molecule has 4 N–H and O–H groups in total. The first-order chi connectivity index (χ1) is 12.7. The summed E-state index contributed by atoms with van der Waals surface area (Å²) >= 11 is 9.60. The zero-order valence-corrected chi connectivity index (χ0v) is 17.1. The molecule has 0 bridgehead atoms. The average Bonchev–Trinajstić information content (AvgIpc) is 2.70. The zero-order valence-electron chi connectivity index (χ0n) is 14.5. The zero-order chi connectivity index (χ0) is 19.0. The van der Waals surface area contributed by atoms with Gasteiger partial charge in [-0.1, -0.05) is 0 Å². The van der Waals surface area contributed by atoms with Crippen molar-refractivity contribution < 1.29 is 16.8 Å². The van der Waals surface area contributed by atoms with Crippen LogP contribution in [0, 0.1) is 0 Å². The molecule has 0 amide bonds. The van der Waals surface area contributed by atoms with E-state index in [9.17, 15) is 0 Å². The van der Waals surface area contributed by atoms with E-state index < -0.39 is 0 Å². The maximum atomic E-state index is 4.80. The normalized spacial score (nSPS) is 9.56. The van der Waals surface area contributed by atoms with E-state index >= 15 is 0 Å². The molecule has 0 aliphatic rings. The number of nitrogens with one attached hydrogen (secondary N) is 4. The van der Waals surface area contributed by atoms with Crippen molar-refractivity contribution in [1.82, 2.24) is 41.4 Å². The number of rotatable bonds is 4. The first kappa shape index (κ1) is 24.4. The molecule has 0 aliphatic heterocycles. The van der Waals surface area contributed by atoms with E-state index in [2.05, 4.69) is 51.6 Å². The van der Waals surface area contributed by atoms with Crippen LogP contribution in [-0.2, 0) is 16.8 Å². The molecule has 27 heavy (non-hydrogen) atoms. The molecule has 0 saturated carbocycles. The summed E-state index contributed by atoms with van der Waals surface area (Å²) < 4.78 is 0. The van der Waals surface area contributed by atoms with Crippen molar-refractivity contribution in [1.29, 1.82) is 0 Å². The minimum Gasteiger partial charge on any atom is -0.364 e. The molecule has 0 saturated heterocycles. The van der Waals surface area contributed by atoms with Gasteiger partial charge in [-0.25, -0.2) is 0 Å². The number of hydrogen-bond donors (Lipinski definition) is 4. The van der Waals surface area contributed by atoms with Crippen molar-refractivity contribution in [2.75, 3.05) is 14.1 Å². The van der Waals surface area contributed by atoms with Crippen molar-refractivity contribution >= 4 is 47.1 Å². The molecule has 0 atom stereocenters. The van der Waals surface area contributed by atoms with Gasteiger partial charge in [0.05, 0.1) is 24.8 Å². The number of thiocarbonyl (C=S) groups is 2. The van der Waals surface area contributed by atoms with Gasteiger partial charge in [-0.05, 0) is 24.4 Å². The molecule has 0 unspecified atom stereocenters. The van der Waals surface area contributed by atoms with Crippen LogP contribution in [0.2, 0.25) is 0 Å². The van der Waals surface area contributed by atoms with E-state index in [-0.39, 0.29) is 16.8 Å². The van der Waals surface area contributed by atoms with E-state index in [0.29, 0.717) is 21.6 Å². The maximum absolute atomic E-state index is 4.80. The Kier molecular flexibility index (Phi) is 14.1. The SMILES string of the molecule is CNC(=S)NN=Cc1cnccn1.CNC(=S)NN=Cc1cnccn1.[Co+3]. The first-order valence-electron chi connectivity index (χ1n) is 7.19. The predicted molar refractivity (Wildman–Crippen MR) is 109 cm³/mol. The summed E-state index contributed by atoms with van der Waals surface area (Å²) in [5, 5.41) is 14.0. The molecule has 0 radical (unpaired) electrons. The van der Waals surface area contributed by atoms with Gasteiger partial charge in [-0.15, -0.1) is 0 Å². The van der Waals surface area contributed by atoms with E-state index in [1.807, 2.05) is 0 Å². The van der Waals surface area contributed by atoms with Crippen LogP contribution in [0.3, 0.4) is 0 Å². The molecule has 0 fully saturated rings. The fraction of sp³-hybridized carbons (Fsp3) is 0.143. The summed E-state index contributed by atoms with van der Waals surface area (Å²) in [6.45, 7) is 0. The summed E-state index contributed by atoms with van der Waals surface area (Å²) in [7, 11) is 3.43. The van der Waals surface area contributed by atoms with Gasteiger partial charge in [-0.2, -0.15) is 10.2 Å². The van der Waals surface area contributed by atoms with Gasteiger partial charge >= 0.3 is 16.8 Å². The number of hydrogen-bond acceptors (Lipinski definition) is 8. The Morgan fingerprint density at radius 1 is 0.815 bits per heavy atom. The minimum absolute atomic E-state index is 0. The molecule has 13 heteroatoms. The second kappa shape index (κ2) is 15.6. The van der Waals surface area contributed by atoms with Crippen LogP contribution < -0.4 is 21.5 Å². The molecule has 0 aromatic carbocycles. The van der Waals surface area contributed by atoms with E-state index in [4.69, 9.17) is 24.4 Å². The smallest absolute Gasteiger partial charge is 0.364 e. The van der Waals surface area contributed by atoms with Gasteiger partial charge in [0.1, 0.15) is 11.4 Å². The predicted octanol–water partition coefficient (Wildman–Crippen LogP) is -0.194. The Labute approximate surface area is 178 Å². The average molecular weight is 449 g/mol. The monoisotopic (exact) mass is 449 g/mol. The first-order valence-corrected chi connectivity index (χ1v) is 8.01. The van der Waals surface area contributed by atoms with Crippen LogP contribution >= 0.6 is 24.4 Å². The summed E-state index contributed by atoms with van der Waals surface area (Å²) in [6.07, 6.45) is 12.7. The van der Waals surface area contributed by atoms with Crippen LogP contribution in [-0.4, -0.2) is 56.7 Å². The molecule has 142 valence electrons.